The number of hydrogen-bond donors (Lipinski definition) is 2. The second-order valence-corrected chi connectivity index (χ2v) is 9.31. The number of aromatic nitrogens is 5. The molecule has 1 aliphatic heterocycles. The summed E-state index contributed by atoms with van der Waals surface area (Å²) in [6.45, 7) is 8.27. The van der Waals surface area contributed by atoms with Crippen molar-refractivity contribution in [3.63, 3.8) is 0 Å². The first-order valence-electron chi connectivity index (χ1n) is 11.2. The fourth-order valence-corrected chi connectivity index (χ4v) is 4.42. The van der Waals surface area contributed by atoms with Gasteiger partial charge in [0.2, 0.25) is 5.95 Å². The van der Waals surface area contributed by atoms with E-state index in [1.807, 2.05) is 42.1 Å². The molecule has 3 heterocycles. The summed E-state index contributed by atoms with van der Waals surface area (Å²) in [5, 5.41) is 12.5. The minimum Gasteiger partial charge on any atom is -0.494 e. The summed E-state index contributed by atoms with van der Waals surface area (Å²) >= 11 is 1.54. The summed E-state index contributed by atoms with van der Waals surface area (Å²) in [6.07, 6.45) is 3.44. The second-order valence-electron chi connectivity index (χ2n) is 8.12. The van der Waals surface area contributed by atoms with Crippen molar-refractivity contribution in [3.8, 4) is 17.2 Å². The van der Waals surface area contributed by atoms with Crippen molar-refractivity contribution in [1.82, 2.24) is 30.0 Å². The van der Waals surface area contributed by atoms with Crippen molar-refractivity contribution >= 4 is 17.9 Å². The van der Waals surface area contributed by atoms with E-state index in [1.165, 1.54) is 0 Å². The molecule has 1 aliphatic rings. The summed E-state index contributed by atoms with van der Waals surface area (Å²) in [4.78, 5) is 8.98. The SMILES string of the molecule is COc1cccc(OC)c1-n1c(NSC(C)C(C)c2ncc(C)cn2)nnc1C1CNCCO1. The highest BCUT2D eigenvalue weighted by Gasteiger charge is 2.29. The van der Waals surface area contributed by atoms with E-state index < -0.39 is 0 Å². The van der Waals surface area contributed by atoms with Crippen LogP contribution in [0, 0.1) is 6.92 Å². The number of benzene rings is 1. The quantitative estimate of drug-likeness (QED) is 0.438. The minimum absolute atomic E-state index is 0.126. The number of aryl methyl sites for hydroxylation is 1. The molecule has 2 N–H and O–H groups in total. The molecule has 1 saturated heterocycles. The van der Waals surface area contributed by atoms with Crippen LogP contribution in [0.15, 0.2) is 30.6 Å². The number of hydrogen-bond acceptors (Lipinski definition) is 10. The molecule has 34 heavy (non-hydrogen) atoms. The Morgan fingerprint density at radius 3 is 2.47 bits per heavy atom. The first-order valence-corrected chi connectivity index (χ1v) is 12.1. The summed E-state index contributed by atoms with van der Waals surface area (Å²) in [6, 6.07) is 5.66. The Kier molecular flexibility index (Phi) is 7.86. The molecule has 0 amide bonds. The van der Waals surface area contributed by atoms with Crippen LogP contribution in [0.2, 0.25) is 0 Å². The van der Waals surface area contributed by atoms with Gasteiger partial charge in [0.15, 0.2) is 5.82 Å². The van der Waals surface area contributed by atoms with Gasteiger partial charge in [0.25, 0.3) is 0 Å². The predicted molar refractivity (Wildman–Crippen MR) is 132 cm³/mol. The average molecular weight is 486 g/mol. The zero-order valence-corrected chi connectivity index (χ0v) is 20.9. The molecule has 0 spiro atoms. The van der Waals surface area contributed by atoms with E-state index in [4.69, 9.17) is 14.2 Å². The molecule has 1 aromatic carbocycles. The van der Waals surface area contributed by atoms with Gasteiger partial charge < -0.3 is 19.5 Å². The van der Waals surface area contributed by atoms with Gasteiger partial charge in [0.05, 0.1) is 20.8 Å². The summed E-state index contributed by atoms with van der Waals surface area (Å²) in [7, 11) is 3.27. The average Bonchev–Trinajstić information content (AvgIpc) is 3.30. The van der Waals surface area contributed by atoms with Gasteiger partial charge in [-0.2, -0.15) is 0 Å². The Hall–Kier alpha value is -2.89. The number of nitrogens with one attached hydrogen (secondary N) is 2. The Labute approximate surface area is 204 Å². The Bertz CT molecular complexity index is 1060. The smallest absolute Gasteiger partial charge is 0.239 e. The number of anilines is 1. The third-order valence-corrected chi connectivity index (χ3v) is 6.86. The van der Waals surface area contributed by atoms with Crippen molar-refractivity contribution in [2.24, 2.45) is 0 Å². The van der Waals surface area contributed by atoms with E-state index in [9.17, 15) is 0 Å². The van der Waals surface area contributed by atoms with E-state index in [0.717, 1.165) is 17.9 Å². The zero-order valence-electron chi connectivity index (χ0n) is 20.1. The van der Waals surface area contributed by atoms with Crippen LogP contribution >= 0.6 is 11.9 Å². The molecule has 4 rings (SSSR count). The molecule has 182 valence electrons. The molecule has 0 saturated carbocycles. The van der Waals surface area contributed by atoms with E-state index in [0.29, 0.717) is 42.1 Å². The van der Waals surface area contributed by atoms with Gasteiger partial charge in [-0.3, -0.25) is 9.29 Å². The molecule has 11 heteroatoms. The van der Waals surface area contributed by atoms with Crippen molar-refractivity contribution in [2.45, 2.75) is 38.0 Å². The lowest BCUT2D eigenvalue weighted by atomic mass is 10.1. The minimum atomic E-state index is -0.256. The van der Waals surface area contributed by atoms with Crippen LogP contribution in [0.25, 0.3) is 5.69 Å². The lowest BCUT2D eigenvalue weighted by Gasteiger charge is -2.25. The number of ether oxygens (including phenoxy) is 3. The fraction of sp³-hybridized carbons (Fsp3) is 0.478. The standard InChI is InChI=1S/C23H31N7O3S/c1-14-11-25-21(26-12-14)15(2)16(3)34-29-23-28-27-22(19-13-24-9-10-33-19)30(23)20-17(31-4)7-6-8-18(20)32-5/h6-8,11-12,15-16,19,24H,9-10,13H2,1-5H3,(H,28,29). The predicted octanol–water partition coefficient (Wildman–Crippen LogP) is 3.30. The zero-order chi connectivity index (χ0) is 24.1. The maximum Gasteiger partial charge on any atom is 0.239 e. The Morgan fingerprint density at radius 1 is 1.15 bits per heavy atom. The Morgan fingerprint density at radius 2 is 1.85 bits per heavy atom. The van der Waals surface area contributed by atoms with Crippen molar-refractivity contribution in [3.05, 3.63) is 47.8 Å². The number of rotatable bonds is 9. The van der Waals surface area contributed by atoms with Crippen LogP contribution in [-0.2, 0) is 4.74 Å². The highest BCUT2D eigenvalue weighted by Crippen LogP contribution is 2.38. The van der Waals surface area contributed by atoms with Crippen LogP contribution in [0.4, 0.5) is 5.95 Å². The molecule has 0 bridgehead atoms. The van der Waals surface area contributed by atoms with Gasteiger partial charge in [0.1, 0.15) is 29.1 Å². The van der Waals surface area contributed by atoms with E-state index >= 15 is 0 Å². The van der Waals surface area contributed by atoms with Crippen molar-refractivity contribution in [1.29, 1.82) is 0 Å². The largest absolute Gasteiger partial charge is 0.494 e. The molecule has 10 nitrogen and oxygen atoms in total. The van der Waals surface area contributed by atoms with E-state index in [2.05, 4.69) is 44.1 Å². The molecular formula is C23H31N7O3S. The summed E-state index contributed by atoms with van der Waals surface area (Å²) in [5.41, 5.74) is 1.76. The number of morpholine rings is 1. The number of para-hydroxylation sites is 1. The maximum atomic E-state index is 6.00. The van der Waals surface area contributed by atoms with Gasteiger partial charge in [0, 0.05) is 36.7 Å². The molecule has 1 fully saturated rings. The second kappa shape index (κ2) is 11.0. The van der Waals surface area contributed by atoms with Gasteiger partial charge in [-0.25, -0.2) is 9.97 Å². The highest BCUT2D eigenvalue weighted by molar-refractivity contribution is 8.01. The maximum absolute atomic E-state index is 6.00. The monoisotopic (exact) mass is 485 g/mol. The van der Waals surface area contributed by atoms with Crippen LogP contribution < -0.4 is 19.5 Å². The van der Waals surface area contributed by atoms with Crippen LogP contribution in [0.5, 0.6) is 11.5 Å². The topological polar surface area (TPSA) is 108 Å². The lowest BCUT2D eigenvalue weighted by molar-refractivity contribution is 0.0210. The third-order valence-electron chi connectivity index (χ3n) is 5.78. The highest BCUT2D eigenvalue weighted by atomic mass is 32.2. The van der Waals surface area contributed by atoms with Crippen LogP contribution in [0.3, 0.4) is 0 Å². The molecular weight excluding hydrogens is 454 g/mol. The normalized spacial score (nSPS) is 17.7. The van der Waals surface area contributed by atoms with Crippen LogP contribution in [0.1, 0.15) is 43.1 Å². The first kappa shape index (κ1) is 24.2. The molecule has 3 aromatic rings. The van der Waals surface area contributed by atoms with Gasteiger partial charge in [-0.15, -0.1) is 10.2 Å². The molecule has 2 aromatic heterocycles. The third kappa shape index (κ3) is 5.11. The van der Waals surface area contributed by atoms with Gasteiger partial charge in [-0.1, -0.05) is 19.9 Å². The first-order chi connectivity index (χ1) is 16.5. The van der Waals surface area contributed by atoms with E-state index in [-0.39, 0.29) is 17.3 Å². The van der Waals surface area contributed by atoms with E-state index in [1.54, 1.807) is 26.2 Å². The van der Waals surface area contributed by atoms with Crippen molar-refractivity contribution < 1.29 is 14.2 Å². The summed E-state index contributed by atoms with van der Waals surface area (Å²) in [5.74, 6) is 3.45. The van der Waals surface area contributed by atoms with Gasteiger partial charge >= 0.3 is 0 Å². The molecule has 0 aliphatic carbocycles. The fourth-order valence-electron chi connectivity index (χ4n) is 3.67. The number of methoxy groups -OCH3 is 2. The molecule has 0 radical (unpaired) electrons. The lowest BCUT2D eigenvalue weighted by Crippen LogP contribution is -2.34. The number of nitrogens with zero attached hydrogens (tertiary/aromatic N) is 5. The van der Waals surface area contributed by atoms with Crippen molar-refractivity contribution in [2.75, 3.05) is 38.6 Å². The Balaban J connectivity index is 1.65. The summed E-state index contributed by atoms with van der Waals surface area (Å²) < 4.78 is 22.7. The molecule has 3 atom stereocenters. The van der Waals surface area contributed by atoms with Gasteiger partial charge in [-0.05, 0) is 36.6 Å². The molecule has 3 unspecified atom stereocenters. The van der Waals surface area contributed by atoms with Crippen LogP contribution in [-0.4, -0.2) is 63.9 Å².